The third kappa shape index (κ3) is 3.82. The number of piperazine rings is 1. The van der Waals surface area contributed by atoms with Crippen molar-refractivity contribution in [3.8, 4) is 0 Å². The van der Waals surface area contributed by atoms with Crippen LogP contribution in [-0.2, 0) is 0 Å². The summed E-state index contributed by atoms with van der Waals surface area (Å²) in [5.41, 5.74) is 7.99. The molecule has 2 aromatic heterocycles. The van der Waals surface area contributed by atoms with Gasteiger partial charge in [-0.1, -0.05) is 0 Å². The lowest BCUT2D eigenvalue weighted by molar-refractivity contribution is 0.216. The number of hydrogen-bond acceptors (Lipinski definition) is 5. The maximum Gasteiger partial charge on any atom is 0.140 e. The first-order chi connectivity index (χ1) is 12.2. The molecule has 0 unspecified atom stereocenters. The molecule has 0 spiro atoms. The molecule has 0 amide bonds. The Balaban J connectivity index is 1.31. The predicted molar refractivity (Wildman–Crippen MR) is 102 cm³/mol. The number of rotatable bonds is 4. The van der Waals surface area contributed by atoms with Crippen molar-refractivity contribution in [3.63, 3.8) is 0 Å². The summed E-state index contributed by atoms with van der Waals surface area (Å²) in [5.74, 6) is 1.98. The van der Waals surface area contributed by atoms with Gasteiger partial charge in [0.15, 0.2) is 0 Å². The topological polar surface area (TPSA) is 58.5 Å². The fourth-order valence-corrected chi connectivity index (χ4v) is 4.33. The molecule has 1 saturated carbocycles. The molecule has 0 atom stereocenters. The predicted octanol–water partition coefficient (Wildman–Crippen LogP) is 3.17. The van der Waals surface area contributed by atoms with Gasteiger partial charge in [-0.3, -0.25) is 4.90 Å². The van der Waals surface area contributed by atoms with Gasteiger partial charge in [0.05, 0.1) is 11.6 Å². The summed E-state index contributed by atoms with van der Waals surface area (Å²) in [7, 11) is 0. The van der Waals surface area contributed by atoms with E-state index in [-0.39, 0.29) is 0 Å². The molecule has 3 heterocycles. The van der Waals surface area contributed by atoms with E-state index in [0.29, 0.717) is 6.04 Å². The van der Waals surface area contributed by atoms with E-state index >= 15 is 0 Å². The Labute approximate surface area is 150 Å². The van der Waals surface area contributed by atoms with Gasteiger partial charge in [0.25, 0.3) is 0 Å². The number of nitrogens with two attached hydrogens (primary N) is 1. The molecule has 1 aliphatic heterocycles. The summed E-state index contributed by atoms with van der Waals surface area (Å²) in [5, 5.41) is 1.14. The number of pyridine rings is 1. The van der Waals surface area contributed by atoms with Crippen LogP contribution in [0.4, 0.5) is 5.82 Å². The highest BCUT2D eigenvalue weighted by Crippen LogP contribution is 2.28. The Kier molecular flexibility index (Phi) is 4.95. The molecule has 5 heteroatoms. The summed E-state index contributed by atoms with van der Waals surface area (Å²) < 4.78 is 5.58. The van der Waals surface area contributed by atoms with E-state index in [2.05, 4.69) is 9.80 Å². The summed E-state index contributed by atoms with van der Waals surface area (Å²) >= 11 is 0. The van der Waals surface area contributed by atoms with E-state index in [4.69, 9.17) is 15.1 Å². The number of fused-ring (bicyclic) bond motifs is 1. The lowest BCUT2D eigenvalue weighted by Gasteiger charge is -2.36. The first-order valence-electron chi connectivity index (χ1n) is 9.77. The Morgan fingerprint density at radius 3 is 2.68 bits per heavy atom. The first-order valence-corrected chi connectivity index (χ1v) is 9.77. The summed E-state index contributed by atoms with van der Waals surface area (Å²) in [6.45, 7) is 7.62. The van der Waals surface area contributed by atoms with Gasteiger partial charge >= 0.3 is 0 Å². The molecule has 0 aromatic carbocycles. The molecule has 1 saturated heterocycles. The highest BCUT2D eigenvalue weighted by atomic mass is 16.3. The number of hydrogen-bond donors (Lipinski definition) is 1. The van der Waals surface area contributed by atoms with E-state index in [1.807, 2.05) is 19.1 Å². The zero-order valence-electron chi connectivity index (χ0n) is 15.3. The monoisotopic (exact) mass is 342 g/mol. The van der Waals surface area contributed by atoms with Crippen molar-refractivity contribution < 1.29 is 4.42 Å². The van der Waals surface area contributed by atoms with Gasteiger partial charge in [0, 0.05) is 44.0 Å². The van der Waals surface area contributed by atoms with E-state index < -0.39 is 0 Å². The number of aromatic nitrogens is 1. The second kappa shape index (κ2) is 7.34. The van der Waals surface area contributed by atoms with Gasteiger partial charge in [-0.2, -0.15) is 0 Å². The molecule has 2 aliphatic rings. The Hall–Kier alpha value is -1.59. The highest BCUT2D eigenvalue weighted by Gasteiger charge is 2.23. The van der Waals surface area contributed by atoms with Crippen molar-refractivity contribution in [1.82, 2.24) is 9.88 Å². The van der Waals surface area contributed by atoms with E-state index in [1.54, 1.807) is 6.26 Å². The highest BCUT2D eigenvalue weighted by molar-refractivity contribution is 5.89. The van der Waals surface area contributed by atoms with Crippen molar-refractivity contribution in [2.24, 2.45) is 11.7 Å². The summed E-state index contributed by atoms with van der Waals surface area (Å²) in [6.07, 6.45) is 8.19. The molecule has 0 bridgehead atoms. The molecule has 2 fully saturated rings. The molecule has 5 nitrogen and oxygen atoms in total. The minimum atomic E-state index is 0.460. The smallest absolute Gasteiger partial charge is 0.140 e. The second-order valence-electron chi connectivity index (χ2n) is 7.82. The standard InChI is InChI=1S/C20H30N4O/c1-15-14-19-18(7-13-25-19)20(22-15)24-11-9-23(10-12-24)8-6-16-2-4-17(21)5-3-16/h7,13-14,16-17H,2-6,8-12,21H2,1H3/t16-,17-. The first kappa shape index (κ1) is 16.9. The number of aryl methyl sites for hydroxylation is 1. The zero-order chi connectivity index (χ0) is 17.2. The molecule has 2 aromatic rings. The minimum Gasteiger partial charge on any atom is -0.464 e. The molecule has 25 heavy (non-hydrogen) atoms. The maximum atomic E-state index is 6.02. The quantitative estimate of drug-likeness (QED) is 0.925. The van der Waals surface area contributed by atoms with Crippen LogP contribution in [0.15, 0.2) is 22.8 Å². The van der Waals surface area contributed by atoms with Gasteiger partial charge in [0.2, 0.25) is 0 Å². The Morgan fingerprint density at radius 2 is 1.92 bits per heavy atom. The largest absolute Gasteiger partial charge is 0.464 e. The lowest BCUT2D eigenvalue weighted by atomic mass is 9.84. The SMILES string of the molecule is Cc1cc2occc2c(N2CCN(CC[C@H]3CC[C@H](N)CC3)CC2)n1. The minimum absolute atomic E-state index is 0.460. The van der Waals surface area contributed by atoms with E-state index in [0.717, 1.165) is 54.6 Å². The molecule has 4 rings (SSSR count). The van der Waals surface area contributed by atoms with Gasteiger partial charge in [-0.15, -0.1) is 0 Å². The van der Waals surface area contributed by atoms with Crippen molar-refractivity contribution in [2.45, 2.75) is 45.1 Å². The van der Waals surface area contributed by atoms with Crippen LogP contribution in [0, 0.1) is 12.8 Å². The van der Waals surface area contributed by atoms with Crippen LogP contribution in [-0.4, -0.2) is 48.6 Å². The average molecular weight is 342 g/mol. The molecular weight excluding hydrogens is 312 g/mol. The Bertz CT molecular complexity index is 697. The van der Waals surface area contributed by atoms with Crippen LogP contribution in [0.3, 0.4) is 0 Å². The second-order valence-corrected chi connectivity index (χ2v) is 7.82. The number of furan rings is 1. The van der Waals surface area contributed by atoms with Gasteiger partial charge in [-0.05, 0) is 57.6 Å². The third-order valence-electron chi connectivity index (χ3n) is 5.98. The fraction of sp³-hybridized carbons (Fsp3) is 0.650. The molecular formula is C20H30N4O. The van der Waals surface area contributed by atoms with Crippen LogP contribution >= 0.6 is 0 Å². The Morgan fingerprint density at radius 1 is 1.16 bits per heavy atom. The van der Waals surface area contributed by atoms with Crippen LogP contribution in [0.25, 0.3) is 11.0 Å². The molecule has 136 valence electrons. The van der Waals surface area contributed by atoms with Crippen molar-refractivity contribution >= 4 is 16.8 Å². The van der Waals surface area contributed by atoms with Crippen LogP contribution in [0.5, 0.6) is 0 Å². The third-order valence-corrected chi connectivity index (χ3v) is 5.98. The van der Waals surface area contributed by atoms with Crippen molar-refractivity contribution in [1.29, 1.82) is 0 Å². The molecule has 0 radical (unpaired) electrons. The number of anilines is 1. The fourth-order valence-electron chi connectivity index (χ4n) is 4.33. The van der Waals surface area contributed by atoms with Gasteiger partial charge in [-0.25, -0.2) is 4.98 Å². The van der Waals surface area contributed by atoms with Gasteiger partial charge < -0.3 is 15.1 Å². The summed E-state index contributed by atoms with van der Waals surface area (Å²) in [4.78, 5) is 9.82. The maximum absolute atomic E-state index is 6.02. The zero-order valence-corrected chi connectivity index (χ0v) is 15.3. The number of nitrogens with zero attached hydrogens (tertiary/aromatic N) is 3. The van der Waals surface area contributed by atoms with Crippen molar-refractivity contribution in [3.05, 3.63) is 24.1 Å². The molecule has 1 aliphatic carbocycles. The van der Waals surface area contributed by atoms with Crippen LogP contribution < -0.4 is 10.6 Å². The van der Waals surface area contributed by atoms with E-state index in [1.165, 1.54) is 38.6 Å². The average Bonchev–Trinajstić information content (AvgIpc) is 3.09. The van der Waals surface area contributed by atoms with Crippen LogP contribution in [0.2, 0.25) is 0 Å². The van der Waals surface area contributed by atoms with Crippen LogP contribution in [0.1, 0.15) is 37.8 Å². The van der Waals surface area contributed by atoms with Gasteiger partial charge in [0.1, 0.15) is 11.4 Å². The lowest BCUT2D eigenvalue weighted by Crippen LogP contribution is -2.47. The van der Waals surface area contributed by atoms with Crippen molar-refractivity contribution in [2.75, 3.05) is 37.6 Å². The summed E-state index contributed by atoms with van der Waals surface area (Å²) in [6, 6.07) is 4.52. The molecule has 2 N–H and O–H groups in total. The normalized spacial score (nSPS) is 25.6. The van der Waals surface area contributed by atoms with E-state index in [9.17, 15) is 0 Å².